The Balaban J connectivity index is -0.000000352. The van der Waals surface area contributed by atoms with Gasteiger partial charge in [0.15, 0.2) is 0 Å². The van der Waals surface area contributed by atoms with Gasteiger partial charge in [-0.2, -0.15) is 0 Å². The number of carboxylic acids is 1. The molecule has 0 aliphatic heterocycles. The molecule has 0 radical (unpaired) electrons. The van der Waals surface area contributed by atoms with Gasteiger partial charge in [-0.05, 0) is 55.0 Å². The molecular weight excluding hydrogens is 436 g/mol. The van der Waals surface area contributed by atoms with E-state index in [4.69, 9.17) is 5.11 Å². The smallest absolute Gasteiger partial charge is 0.345 e. The summed E-state index contributed by atoms with van der Waals surface area (Å²) in [5.74, 6) is 0.658. The molecule has 0 aliphatic carbocycles. The monoisotopic (exact) mass is 474 g/mol. The number of hydrogen-bond donors (Lipinski definition) is 2. The van der Waals surface area contributed by atoms with Gasteiger partial charge < -0.3 is 10.2 Å². The standard InChI is InChI=1S/C10H15BrO.C7H8O2S.C4H10.C2H6/c1-7(2)5-10(12)6-8(3)9(4)11;1-2-5-3-4-6(10-5)7(8)9;1-4(2)3;1-2/h5-7,12H,4H2,1-3H3;3-4H,2H2,1H3,(H,8,9);4H,1-3H3;1-2H3/b8-6-,10-5+;;;. The van der Waals surface area contributed by atoms with E-state index >= 15 is 0 Å². The second kappa shape index (κ2) is 19.0. The lowest BCUT2D eigenvalue weighted by Crippen LogP contribution is -1.89. The van der Waals surface area contributed by atoms with Crippen molar-refractivity contribution in [3.8, 4) is 0 Å². The van der Waals surface area contributed by atoms with Crippen molar-refractivity contribution in [2.24, 2.45) is 11.8 Å². The molecule has 0 unspecified atom stereocenters. The highest BCUT2D eigenvalue weighted by molar-refractivity contribution is 9.11. The van der Waals surface area contributed by atoms with Gasteiger partial charge in [0.25, 0.3) is 0 Å². The minimum atomic E-state index is -0.829. The average Bonchev–Trinajstić information content (AvgIpc) is 3.05. The zero-order valence-electron chi connectivity index (χ0n) is 19.0. The Kier molecular flexibility index (Phi) is 21.3. The molecule has 0 aliphatic rings. The molecule has 0 aromatic carbocycles. The van der Waals surface area contributed by atoms with Gasteiger partial charge in [0.05, 0.1) is 0 Å². The maximum absolute atomic E-state index is 10.3. The number of carbonyl (C=O) groups is 1. The quantitative estimate of drug-likeness (QED) is 0.331. The maximum Gasteiger partial charge on any atom is 0.345 e. The predicted molar refractivity (Wildman–Crippen MR) is 130 cm³/mol. The molecule has 3 nitrogen and oxygen atoms in total. The molecule has 5 heteroatoms. The van der Waals surface area contributed by atoms with Gasteiger partial charge >= 0.3 is 5.97 Å². The summed E-state index contributed by atoms with van der Waals surface area (Å²) in [7, 11) is 0. The summed E-state index contributed by atoms with van der Waals surface area (Å²) in [4.78, 5) is 11.9. The van der Waals surface area contributed by atoms with E-state index in [2.05, 4.69) is 43.3 Å². The first-order chi connectivity index (χ1) is 12.9. The van der Waals surface area contributed by atoms with Crippen LogP contribution in [-0.4, -0.2) is 16.2 Å². The lowest BCUT2D eigenvalue weighted by molar-refractivity contribution is 0.0702. The maximum atomic E-state index is 10.3. The number of thiophene rings is 1. The Hall–Kier alpha value is -1.33. The molecular formula is C23H39BrO3S. The summed E-state index contributed by atoms with van der Waals surface area (Å²) >= 11 is 4.57. The van der Waals surface area contributed by atoms with Crippen molar-refractivity contribution in [1.29, 1.82) is 0 Å². The summed E-state index contributed by atoms with van der Waals surface area (Å²) < 4.78 is 0.797. The Labute approximate surface area is 185 Å². The predicted octanol–water partition coefficient (Wildman–Crippen LogP) is 8.64. The van der Waals surface area contributed by atoms with E-state index < -0.39 is 5.97 Å². The molecule has 1 aromatic heterocycles. The molecule has 28 heavy (non-hydrogen) atoms. The van der Waals surface area contributed by atoms with E-state index in [1.165, 1.54) is 11.3 Å². The van der Waals surface area contributed by atoms with Gasteiger partial charge in [0.2, 0.25) is 0 Å². The number of aliphatic hydroxyl groups is 1. The molecule has 1 rings (SSSR count). The van der Waals surface area contributed by atoms with Gasteiger partial charge in [0.1, 0.15) is 10.6 Å². The molecule has 1 heterocycles. The Bertz CT molecular complexity index is 608. The fourth-order valence-corrected chi connectivity index (χ4v) is 2.27. The Morgan fingerprint density at radius 3 is 1.89 bits per heavy atom. The average molecular weight is 476 g/mol. The molecule has 0 atom stereocenters. The van der Waals surface area contributed by atoms with Crippen molar-refractivity contribution in [2.45, 2.75) is 68.7 Å². The van der Waals surface area contributed by atoms with E-state index in [0.717, 1.165) is 27.3 Å². The van der Waals surface area contributed by atoms with Crippen LogP contribution in [0.5, 0.6) is 0 Å². The zero-order chi connectivity index (χ0) is 22.9. The SMILES string of the molecule is C=C(Br)/C(C)=C\C(O)=C/C(C)C.CC.CC(C)C.CCc1ccc(C(=O)O)s1. The number of allylic oxidation sites excluding steroid dienone is 4. The topological polar surface area (TPSA) is 57.5 Å². The van der Waals surface area contributed by atoms with Crippen molar-refractivity contribution in [3.05, 3.63) is 56.4 Å². The molecule has 0 amide bonds. The van der Waals surface area contributed by atoms with Gasteiger partial charge in [0, 0.05) is 9.36 Å². The van der Waals surface area contributed by atoms with Crippen LogP contribution in [0.4, 0.5) is 0 Å². The minimum absolute atomic E-state index is 0.295. The number of halogens is 1. The second-order valence-electron chi connectivity index (χ2n) is 6.72. The van der Waals surface area contributed by atoms with Crippen LogP contribution in [0.1, 0.15) is 76.9 Å². The molecule has 0 saturated heterocycles. The van der Waals surface area contributed by atoms with Crippen molar-refractivity contribution < 1.29 is 15.0 Å². The zero-order valence-corrected chi connectivity index (χ0v) is 21.4. The summed E-state index contributed by atoms with van der Waals surface area (Å²) in [5.41, 5.74) is 0.935. The van der Waals surface area contributed by atoms with E-state index in [0.29, 0.717) is 16.6 Å². The third-order valence-corrected chi connectivity index (χ3v) is 4.36. The Morgan fingerprint density at radius 1 is 1.18 bits per heavy atom. The molecule has 2 N–H and O–H groups in total. The van der Waals surface area contributed by atoms with E-state index in [-0.39, 0.29) is 0 Å². The van der Waals surface area contributed by atoms with Crippen molar-refractivity contribution in [1.82, 2.24) is 0 Å². The second-order valence-corrected chi connectivity index (χ2v) is 8.85. The van der Waals surface area contributed by atoms with Crippen LogP contribution in [0.15, 0.2) is 46.7 Å². The summed E-state index contributed by atoms with van der Waals surface area (Å²) in [5, 5.41) is 17.9. The van der Waals surface area contributed by atoms with E-state index in [1.807, 2.05) is 47.6 Å². The molecule has 162 valence electrons. The largest absolute Gasteiger partial charge is 0.508 e. The number of hydrogen-bond acceptors (Lipinski definition) is 3. The summed E-state index contributed by atoms with van der Waals surface area (Å²) in [6.07, 6.45) is 4.40. The van der Waals surface area contributed by atoms with Crippen LogP contribution in [-0.2, 0) is 6.42 Å². The summed E-state index contributed by atoms with van der Waals surface area (Å²) in [6.45, 7) is 22.1. The van der Waals surface area contributed by atoms with Crippen LogP contribution < -0.4 is 0 Å². The number of aromatic carboxylic acids is 1. The fraction of sp³-hybridized carbons (Fsp3) is 0.522. The fourth-order valence-electron chi connectivity index (χ4n) is 1.37. The van der Waals surface area contributed by atoms with Gasteiger partial charge in [-0.25, -0.2) is 4.79 Å². The normalized spacial score (nSPS) is 10.9. The van der Waals surface area contributed by atoms with Crippen LogP contribution in [0.3, 0.4) is 0 Å². The van der Waals surface area contributed by atoms with Crippen LogP contribution >= 0.6 is 27.3 Å². The third kappa shape index (κ3) is 21.0. The minimum Gasteiger partial charge on any atom is -0.508 e. The van der Waals surface area contributed by atoms with Crippen LogP contribution in [0, 0.1) is 11.8 Å². The summed E-state index contributed by atoms with van der Waals surface area (Å²) in [6, 6.07) is 3.50. The van der Waals surface area contributed by atoms with Gasteiger partial charge in [-0.3, -0.25) is 0 Å². The Morgan fingerprint density at radius 2 is 1.64 bits per heavy atom. The molecule has 0 spiro atoms. The van der Waals surface area contributed by atoms with Crippen molar-refractivity contribution in [2.75, 3.05) is 0 Å². The van der Waals surface area contributed by atoms with Crippen LogP contribution in [0.25, 0.3) is 0 Å². The highest BCUT2D eigenvalue weighted by atomic mass is 79.9. The molecule has 1 aromatic rings. The van der Waals surface area contributed by atoms with E-state index in [9.17, 15) is 9.90 Å². The molecule has 0 bridgehead atoms. The highest BCUT2D eigenvalue weighted by Crippen LogP contribution is 2.16. The lowest BCUT2D eigenvalue weighted by Gasteiger charge is -1.99. The van der Waals surface area contributed by atoms with Crippen molar-refractivity contribution >= 4 is 33.2 Å². The van der Waals surface area contributed by atoms with Gasteiger partial charge in [-0.15, -0.1) is 11.3 Å². The number of aliphatic hydroxyl groups excluding tert-OH is 1. The molecule has 0 fully saturated rings. The van der Waals surface area contributed by atoms with Crippen molar-refractivity contribution in [3.63, 3.8) is 0 Å². The first-order valence-electron chi connectivity index (χ1n) is 9.66. The third-order valence-electron chi connectivity index (χ3n) is 2.52. The number of aryl methyl sites for hydroxylation is 1. The molecule has 0 saturated carbocycles. The van der Waals surface area contributed by atoms with Crippen LogP contribution in [0.2, 0.25) is 0 Å². The number of rotatable bonds is 5. The first kappa shape index (κ1) is 31.4. The lowest BCUT2D eigenvalue weighted by atomic mass is 10.1. The highest BCUT2D eigenvalue weighted by Gasteiger charge is 2.04. The number of carboxylic acid groups (broad SMARTS) is 1. The first-order valence-corrected chi connectivity index (χ1v) is 11.3. The van der Waals surface area contributed by atoms with Gasteiger partial charge in [-0.1, -0.05) is 77.9 Å². The van der Waals surface area contributed by atoms with E-state index in [1.54, 1.807) is 18.2 Å².